The molecule has 176 valence electrons. The second-order valence-electron chi connectivity index (χ2n) is 9.14. The maximum absolute atomic E-state index is 12.9. The molecule has 2 aromatic rings. The molecule has 0 saturated carbocycles. The third-order valence-electron chi connectivity index (χ3n) is 6.20. The summed E-state index contributed by atoms with van der Waals surface area (Å²) in [5.41, 5.74) is 3.43. The summed E-state index contributed by atoms with van der Waals surface area (Å²) in [6.45, 7) is 9.22. The maximum Gasteiger partial charge on any atom is 0.222 e. The van der Waals surface area contributed by atoms with Crippen molar-refractivity contribution < 1.29 is 14.6 Å². The molecule has 0 fully saturated rings. The van der Waals surface area contributed by atoms with Crippen LogP contribution in [0.2, 0.25) is 0 Å². The van der Waals surface area contributed by atoms with Gasteiger partial charge in [0.1, 0.15) is 0 Å². The molecule has 1 amide bonds. The van der Waals surface area contributed by atoms with Gasteiger partial charge in [-0.2, -0.15) is 0 Å². The lowest BCUT2D eigenvalue weighted by atomic mass is 10.0. The fourth-order valence-corrected chi connectivity index (χ4v) is 4.12. The average molecular weight is 444 g/mol. The van der Waals surface area contributed by atoms with Crippen molar-refractivity contribution in [1.29, 1.82) is 0 Å². The largest absolute Gasteiger partial charge is 0.394 e. The lowest BCUT2D eigenvalue weighted by Crippen LogP contribution is -2.47. The van der Waals surface area contributed by atoms with Crippen molar-refractivity contribution in [3.63, 3.8) is 0 Å². The van der Waals surface area contributed by atoms with Gasteiger partial charge in [-0.05, 0) is 32.9 Å². The van der Waals surface area contributed by atoms with Gasteiger partial charge in [-0.25, -0.2) is 4.68 Å². The highest BCUT2D eigenvalue weighted by molar-refractivity contribution is 5.76. The van der Waals surface area contributed by atoms with Crippen molar-refractivity contribution in [1.82, 2.24) is 24.8 Å². The van der Waals surface area contributed by atoms with Crippen LogP contribution in [0.15, 0.2) is 30.5 Å². The smallest absolute Gasteiger partial charge is 0.222 e. The monoisotopic (exact) mass is 443 g/mol. The van der Waals surface area contributed by atoms with Crippen LogP contribution < -0.4 is 0 Å². The van der Waals surface area contributed by atoms with Crippen LogP contribution in [0.4, 0.5) is 0 Å². The number of rotatable bonds is 6. The zero-order valence-corrected chi connectivity index (χ0v) is 19.8. The number of ether oxygens (including phenoxy) is 1. The van der Waals surface area contributed by atoms with E-state index in [1.807, 2.05) is 16.5 Å². The molecular weight excluding hydrogens is 406 g/mol. The Morgan fingerprint density at radius 3 is 2.78 bits per heavy atom. The Kier molecular flexibility index (Phi) is 8.78. The number of aromatic nitrogens is 3. The van der Waals surface area contributed by atoms with Gasteiger partial charge < -0.3 is 14.7 Å². The zero-order valence-electron chi connectivity index (χ0n) is 19.8. The number of nitrogens with zero attached hydrogens (tertiary/aromatic N) is 5. The summed E-state index contributed by atoms with van der Waals surface area (Å²) < 4.78 is 8.22. The molecule has 3 rings (SSSR count). The van der Waals surface area contributed by atoms with E-state index < -0.39 is 0 Å². The van der Waals surface area contributed by atoms with Crippen molar-refractivity contribution in [2.24, 2.45) is 5.92 Å². The van der Waals surface area contributed by atoms with Crippen LogP contribution in [0.3, 0.4) is 0 Å². The molecule has 2 heterocycles. The molecule has 0 aliphatic carbocycles. The lowest BCUT2D eigenvalue weighted by molar-refractivity contribution is -0.136. The first kappa shape index (κ1) is 24.4. The number of aryl methyl sites for hydroxylation is 2. The van der Waals surface area contributed by atoms with E-state index in [0.717, 1.165) is 18.8 Å². The second-order valence-corrected chi connectivity index (χ2v) is 9.14. The minimum Gasteiger partial charge on any atom is -0.394 e. The van der Waals surface area contributed by atoms with Gasteiger partial charge in [-0.15, -0.1) is 5.10 Å². The van der Waals surface area contributed by atoms with E-state index in [1.165, 1.54) is 11.1 Å². The number of likely N-dealkylation sites (N-methyl/N-ethyl adjacent to an activating group) is 1. The van der Waals surface area contributed by atoms with Crippen LogP contribution in [-0.4, -0.2) is 74.7 Å². The number of carbonyl (C=O) groups is 1. The molecule has 0 radical (unpaired) electrons. The normalized spacial score (nSPS) is 21.7. The first-order valence-corrected chi connectivity index (χ1v) is 11.5. The highest BCUT2D eigenvalue weighted by Crippen LogP contribution is 2.19. The quantitative estimate of drug-likeness (QED) is 0.737. The van der Waals surface area contributed by atoms with E-state index in [1.54, 1.807) is 6.20 Å². The van der Waals surface area contributed by atoms with Gasteiger partial charge in [0.05, 0.1) is 37.3 Å². The Hall–Kier alpha value is -2.29. The summed E-state index contributed by atoms with van der Waals surface area (Å²) in [7, 11) is 2.09. The number of aliphatic hydroxyl groups excluding tert-OH is 1. The van der Waals surface area contributed by atoms with E-state index in [9.17, 15) is 9.90 Å². The molecule has 1 aromatic heterocycles. The van der Waals surface area contributed by atoms with Crippen molar-refractivity contribution in [3.05, 3.63) is 47.3 Å². The molecule has 3 atom stereocenters. The molecule has 32 heavy (non-hydrogen) atoms. The number of hydrogen-bond acceptors (Lipinski definition) is 6. The first-order chi connectivity index (χ1) is 15.4. The molecule has 0 spiro atoms. The van der Waals surface area contributed by atoms with Gasteiger partial charge in [0.25, 0.3) is 0 Å². The molecule has 8 heteroatoms. The molecule has 1 N–H and O–H groups in total. The number of benzene rings is 1. The topological polar surface area (TPSA) is 83.7 Å². The van der Waals surface area contributed by atoms with E-state index in [4.69, 9.17) is 4.74 Å². The molecule has 0 unspecified atom stereocenters. The Labute approximate surface area is 191 Å². The fourth-order valence-electron chi connectivity index (χ4n) is 4.12. The third kappa shape index (κ3) is 6.60. The van der Waals surface area contributed by atoms with E-state index in [0.29, 0.717) is 32.5 Å². The minimum absolute atomic E-state index is 0.0511. The van der Waals surface area contributed by atoms with E-state index in [2.05, 4.69) is 60.4 Å². The molecule has 0 bridgehead atoms. The SMILES string of the molecule is Cc1ccc(CN(C)C[C@H]2OCc3cnnn3CCCC(=O)N([C@@H](C)CO)C[C@H]2C)cc1. The summed E-state index contributed by atoms with van der Waals surface area (Å²) in [6, 6.07) is 8.36. The number of carbonyl (C=O) groups excluding carboxylic acids is 1. The summed E-state index contributed by atoms with van der Waals surface area (Å²) in [4.78, 5) is 17.0. The number of amides is 1. The molecule has 1 aromatic carbocycles. The van der Waals surface area contributed by atoms with Gasteiger partial charge in [-0.1, -0.05) is 42.0 Å². The Bertz CT molecular complexity index is 854. The van der Waals surface area contributed by atoms with Gasteiger partial charge >= 0.3 is 0 Å². The third-order valence-corrected chi connectivity index (χ3v) is 6.20. The predicted octanol–water partition coefficient (Wildman–Crippen LogP) is 2.24. The Morgan fingerprint density at radius 1 is 1.31 bits per heavy atom. The Balaban J connectivity index is 1.76. The molecule has 0 saturated heterocycles. The predicted molar refractivity (Wildman–Crippen MR) is 123 cm³/mol. The average Bonchev–Trinajstić information content (AvgIpc) is 3.22. The van der Waals surface area contributed by atoms with Gasteiger partial charge in [0, 0.05) is 38.5 Å². The fraction of sp³-hybridized carbons (Fsp3) is 0.625. The molecular formula is C24H37N5O3. The highest BCUT2D eigenvalue weighted by atomic mass is 16.5. The van der Waals surface area contributed by atoms with Crippen LogP contribution in [0.25, 0.3) is 0 Å². The number of hydrogen-bond donors (Lipinski definition) is 1. The highest BCUT2D eigenvalue weighted by Gasteiger charge is 2.28. The molecule has 8 nitrogen and oxygen atoms in total. The summed E-state index contributed by atoms with van der Waals surface area (Å²) in [5, 5.41) is 17.9. The lowest BCUT2D eigenvalue weighted by Gasteiger charge is -2.35. The Morgan fingerprint density at radius 2 is 2.06 bits per heavy atom. The minimum atomic E-state index is -0.222. The number of fused-ring (bicyclic) bond motifs is 1. The van der Waals surface area contributed by atoms with Crippen molar-refractivity contribution in [2.75, 3.05) is 26.7 Å². The van der Waals surface area contributed by atoms with Crippen LogP contribution >= 0.6 is 0 Å². The van der Waals surface area contributed by atoms with Crippen LogP contribution in [-0.2, 0) is 29.2 Å². The van der Waals surface area contributed by atoms with Crippen molar-refractivity contribution >= 4 is 5.91 Å². The van der Waals surface area contributed by atoms with Gasteiger partial charge in [0.2, 0.25) is 5.91 Å². The molecule has 1 aliphatic heterocycles. The van der Waals surface area contributed by atoms with Gasteiger partial charge in [0.15, 0.2) is 0 Å². The van der Waals surface area contributed by atoms with Crippen molar-refractivity contribution in [3.8, 4) is 0 Å². The van der Waals surface area contributed by atoms with Crippen LogP contribution in [0.5, 0.6) is 0 Å². The summed E-state index contributed by atoms with van der Waals surface area (Å²) in [6.07, 6.45) is 2.76. The second kappa shape index (κ2) is 11.5. The van der Waals surface area contributed by atoms with E-state index >= 15 is 0 Å². The molecule has 1 aliphatic rings. The zero-order chi connectivity index (χ0) is 23.1. The van der Waals surface area contributed by atoms with Crippen LogP contribution in [0, 0.1) is 12.8 Å². The standard InChI is InChI=1S/C24H37N5O3/c1-18-7-9-21(10-8-18)14-27(4)15-23-19(2)13-28(20(3)16-30)24(31)6-5-11-29-22(17-32-23)12-25-26-29/h7-10,12,19-20,23,30H,5-6,11,13-17H2,1-4H3/t19-,20+,23-/m1/s1. The summed E-state index contributed by atoms with van der Waals surface area (Å²) >= 11 is 0. The summed E-state index contributed by atoms with van der Waals surface area (Å²) in [5.74, 6) is 0.157. The first-order valence-electron chi connectivity index (χ1n) is 11.5. The number of aliphatic hydroxyl groups is 1. The van der Waals surface area contributed by atoms with Crippen LogP contribution in [0.1, 0.15) is 43.5 Å². The van der Waals surface area contributed by atoms with Gasteiger partial charge in [-0.3, -0.25) is 9.69 Å². The van der Waals surface area contributed by atoms with Crippen molar-refractivity contribution in [2.45, 2.75) is 65.5 Å². The maximum atomic E-state index is 12.9. The van der Waals surface area contributed by atoms with E-state index in [-0.39, 0.29) is 30.6 Å².